The predicted molar refractivity (Wildman–Crippen MR) is 89.8 cm³/mol. The summed E-state index contributed by atoms with van der Waals surface area (Å²) in [5, 5.41) is 0. The molecule has 0 bridgehead atoms. The maximum Gasteiger partial charge on any atom is 0.338 e. The first-order chi connectivity index (χ1) is 10.6. The number of hydrogen-bond donors (Lipinski definition) is 2. The van der Waals surface area contributed by atoms with Crippen LogP contribution >= 0.6 is 0 Å². The lowest BCUT2D eigenvalue weighted by Crippen LogP contribution is -2.52. The van der Waals surface area contributed by atoms with Crippen molar-refractivity contribution in [3.05, 3.63) is 29.3 Å². The molecule has 0 fully saturated rings. The number of ether oxygens (including phenoxy) is 1. The van der Waals surface area contributed by atoms with Gasteiger partial charge < -0.3 is 10.5 Å². The van der Waals surface area contributed by atoms with Gasteiger partial charge in [0.25, 0.3) is 0 Å². The normalized spacial score (nSPS) is 14.6. The molecule has 130 valence electrons. The highest BCUT2D eigenvalue weighted by Crippen LogP contribution is 2.23. The van der Waals surface area contributed by atoms with Crippen molar-refractivity contribution in [3.63, 3.8) is 0 Å². The van der Waals surface area contributed by atoms with Crippen LogP contribution in [0.2, 0.25) is 0 Å². The van der Waals surface area contributed by atoms with Gasteiger partial charge in [0.1, 0.15) is 0 Å². The van der Waals surface area contributed by atoms with Crippen LogP contribution in [0, 0.1) is 12.8 Å². The minimum absolute atomic E-state index is 0.0591. The van der Waals surface area contributed by atoms with E-state index in [1.165, 1.54) is 25.3 Å². The average molecular weight is 342 g/mol. The van der Waals surface area contributed by atoms with Crippen molar-refractivity contribution in [3.8, 4) is 0 Å². The third-order valence-electron chi connectivity index (χ3n) is 3.67. The third-order valence-corrected chi connectivity index (χ3v) is 5.45. The van der Waals surface area contributed by atoms with Crippen molar-refractivity contribution in [2.45, 2.75) is 44.6 Å². The van der Waals surface area contributed by atoms with Crippen LogP contribution in [0.25, 0.3) is 0 Å². The number of hydrogen-bond acceptors (Lipinski definition) is 5. The SMILES string of the molecule is COC(=O)c1cccc(S(=O)(=O)NC(C)(CN)CC(C)C)c1C. The molecule has 0 aliphatic rings. The Labute approximate surface area is 138 Å². The molecule has 0 aliphatic carbocycles. The summed E-state index contributed by atoms with van der Waals surface area (Å²) in [6.45, 7) is 7.56. The number of nitrogens with two attached hydrogens (primary N) is 1. The monoisotopic (exact) mass is 342 g/mol. The second-order valence-corrected chi connectivity index (χ2v) is 8.04. The minimum atomic E-state index is -3.81. The van der Waals surface area contributed by atoms with Gasteiger partial charge in [-0.3, -0.25) is 0 Å². The summed E-state index contributed by atoms with van der Waals surface area (Å²) in [5.74, 6) is -0.280. The van der Waals surface area contributed by atoms with Gasteiger partial charge in [-0.2, -0.15) is 0 Å². The maximum atomic E-state index is 12.8. The molecule has 0 spiro atoms. The lowest BCUT2D eigenvalue weighted by molar-refractivity contribution is 0.0599. The molecule has 1 atom stereocenters. The van der Waals surface area contributed by atoms with Crippen LogP contribution < -0.4 is 10.5 Å². The van der Waals surface area contributed by atoms with Crippen LogP contribution in [0.5, 0.6) is 0 Å². The van der Waals surface area contributed by atoms with Crippen LogP contribution in [-0.4, -0.2) is 33.6 Å². The molecule has 1 unspecified atom stereocenters. The van der Waals surface area contributed by atoms with Crippen molar-refractivity contribution in [2.75, 3.05) is 13.7 Å². The highest BCUT2D eigenvalue weighted by atomic mass is 32.2. The van der Waals surface area contributed by atoms with Crippen molar-refractivity contribution in [2.24, 2.45) is 11.7 Å². The molecule has 0 radical (unpaired) electrons. The molecule has 0 aliphatic heterocycles. The molecule has 7 heteroatoms. The largest absolute Gasteiger partial charge is 0.465 e. The number of sulfonamides is 1. The predicted octanol–water partition coefficient (Wildman–Crippen LogP) is 1.82. The first kappa shape index (κ1) is 19.6. The van der Waals surface area contributed by atoms with Gasteiger partial charge in [-0.25, -0.2) is 17.9 Å². The number of carbonyl (C=O) groups is 1. The van der Waals surface area contributed by atoms with Crippen LogP contribution in [0.3, 0.4) is 0 Å². The number of esters is 1. The summed E-state index contributed by atoms with van der Waals surface area (Å²) in [6, 6.07) is 4.53. The van der Waals surface area contributed by atoms with Gasteiger partial charge in [0.15, 0.2) is 0 Å². The van der Waals surface area contributed by atoms with Gasteiger partial charge in [0.05, 0.1) is 17.6 Å². The molecule has 1 aromatic carbocycles. The van der Waals surface area contributed by atoms with Gasteiger partial charge in [0, 0.05) is 12.1 Å². The fourth-order valence-electron chi connectivity index (χ4n) is 2.68. The Morgan fingerprint density at radius 2 is 2.00 bits per heavy atom. The van der Waals surface area contributed by atoms with Crippen molar-refractivity contribution >= 4 is 16.0 Å². The number of benzene rings is 1. The standard InChI is InChI=1S/C16H26N2O4S/c1-11(2)9-16(4,10-17)18-23(20,21)14-8-6-7-13(12(14)3)15(19)22-5/h6-8,11,18H,9-10,17H2,1-5H3. The summed E-state index contributed by atoms with van der Waals surface area (Å²) >= 11 is 0. The van der Waals surface area contributed by atoms with Gasteiger partial charge in [-0.05, 0) is 43.9 Å². The molecule has 0 saturated heterocycles. The first-order valence-electron chi connectivity index (χ1n) is 7.48. The van der Waals surface area contributed by atoms with E-state index in [-0.39, 0.29) is 22.9 Å². The highest BCUT2D eigenvalue weighted by molar-refractivity contribution is 7.89. The Bertz CT molecular complexity index is 671. The summed E-state index contributed by atoms with van der Waals surface area (Å²) in [6.07, 6.45) is 0.610. The molecule has 0 heterocycles. The molecular formula is C16H26N2O4S. The molecule has 0 saturated carbocycles. The smallest absolute Gasteiger partial charge is 0.338 e. The number of rotatable bonds is 7. The zero-order valence-electron chi connectivity index (χ0n) is 14.3. The average Bonchev–Trinajstić information content (AvgIpc) is 2.45. The third kappa shape index (κ3) is 4.76. The molecule has 1 rings (SSSR count). The zero-order chi connectivity index (χ0) is 17.8. The topological polar surface area (TPSA) is 98.5 Å². The van der Waals surface area contributed by atoms with E-state index in [1.54, 1.807) is 13.8 Å². The van der Waals surface area contributed by atoms with E-state index < -0.39 is 21.5 Å². The molecule has 0 aromatic heterocycles. The van der Waals surface area contributed by atoms with Gasteiger partial charge in [0.2, 0.25) is 10.0 Å². The van der Waals surface area contributed by atoms with E-state index in [1.807, 2.05) is 13.8 Å². The van der Waals surface area contributed by atoms with Crippen molar-refractivity contribution < 1.29 is 17.9 Å². The molecule has 23 heavy (non-hydrogen) atoms. The fourth-order valence-corrected chi connectivity index (χ4v) is 4.38. The van der Waals surface area contributed by atoms with E-state index in [2.05, 4.69) is 9.46 Å². The van der Waals surface area contributed by atoms with Crippen LogP contribution in [0.4, 0.5) is 0 Å². The van der Waals surface area contributed by atoms with Crippen LogP contribution in [0.15, 0.2) is 23.1 Å². The van der Waals surface area contributed by atoms with E-state index in [9.17, 15) is 13.2 Å². The van der Waals surface area contributed by atoms with E-state index in [0.29, 0.717) is 12.0 Å². The summed E-state index contributed by atoms with van der Waals surface area (Å²) in [4.78, 5) is 11.8. The quantitative estimate of drug-likeness (QED) is 0.737. The lowest BCUT2D eigenvalue weighted by atomic mass is 9.92. The Balaban J connectivity index is 3.26. The van der Waals surface area contributed by atoms with E-state index >= 15 is 0 Å². The molecule has 3 N–H and O–H groups in total. The maximum absolute atomic E-state index is 12.8. The van der Waals surface area contributed by atoms with Crippen molar-refractivity contribution in [1.29, 1.82) is 0 Å². The summed E-state index contributed by atoms with van der Waals surface area (Å²) in [7, 11) is -2.55. The zero-order valence-corrected chi connectivity index (χ0v) is 15.2. The molecular weight excluding hydrogens is 316 g/mol. The Morgan fingerprint density at radius 3 is 2.48 bits per heavy atom. The Kier molecular flexibility index (Phi) is 6.33. The second-order valence-electron chi connectivity index (χ2n) is 6.39. The summed E-state index contributed by atoms with van der Waals surface area (Å²) in [5.41, 5.74) is 5.62. The molecule has 0 amide bonds. The van der Waals surface area contributed by atoms with Gasteiger partial charge >= 0.3 is 5.97 Å². The van der Waals surface area contributed by atoms with E-state index in [0.717, 1.165) is 0 Å². The summed E-state index contributed by atoms with van der Waals surface area (Å²) < 4.78 is 32.9. The highest BCUT2D eigenvalue weighted by Gasteiger charge is 2.31. The Morgan fingerprint density at radius 1 is 1.39 bits per heavy atom. The van der Waals surface area contributed by atoms with Crippen molar-refractivity contribution in [1.82, 2.24) is 4.72 Å². The molecule has 6 nitrogen and oxygen atoms in total. The minimum Gasteiger partial charge on any atom is -0.465 e. The van der Waals surface area contributed by atoms with Crippen LogP contribution in [0.1, 0.15) is 43.1 Å². The lowest BCUT2D eigenvalue weighted by Gasteiger charge is -2.31. The fraction of sp³-hybridized carbons (Fsp3) is 0.562. The first-order valence-corrected chi connectivity index (χ1v) is 8.96. The Hall–Kier alpha value is -1.44. The van der Waals surface area contributed by atoms with Gasteiger partial charge in [-0.1, -0.05) is 19.9 Å². The second kappa shape index (κ2) is 7.42. The van der Waals surface area contributed by atoms with Crippen LogP contribution in [-0.2, 0) is 14.8 Å². The van der Waals surface area contributed by atoms with E-state index in [4.69, 9.17) is 5.73 Å². The number of carbonyl (C=O) groups excluding carboxylic acids is 1. The van der Waals surface area contributed by atoms with Gasteiger partial charge in [-0.15, -0.1) is 0 Å². The number of nitrogens with one attached hydrogen (secondary N) is 1. The molecule has 1 aromatic rings. The number of methoxy groups -OCH3 is 1.